The molecule has 2 heterocycles. The number of methoxy groups -OCH3 is 3. The highest BCUT2D eigenvalue weighted by Gasteiger charge is 2.36. The van der Waals surface area contributed by atoms with E-state index < -0.39 is 12.1 Å². The summed E-state index contributed by atoms with van der Waals surface area (Å²) in [6.07, 6.45) is 2.58. The number of nitrogens with one attached hydrogen (secondary N) is 2. The summed E-state index contributed by atoms with van der Waals surface area (Å²) in [5.41, 5.74) is 3.24. The number of hydrogen-bond acceptors (Lipinski definition) is 8. The molecule has 0 bridgehead atoms. The van der Waals surface area contributed by atoms with Gasteiger partial charge in [0.15, 0.2) is 11.5 Å². The van der Waals surface area contributed by atoms with Crippen LogP contribution in [0.4, 0.5) is 5.00 Å². The molecule has 0 saturated heterocycles. The molecule has 0 saturated carbocycles. The lowest BCUT2D eigenvalue weighted by atomic mass is 9.72. The fraction of sp³-hybridized carbons (Fsp3) is 0.400. The number of anilines is 1. The number of ether oxygens (including phenoxy) is 4. The molecule has 2 aromatic carbocycles. The van der Waals surface area contributed by atoms with Gasteiger partial charge in [0.05, 0.1) is 32.5 Å². The van der Waals surface area contributed by atoms with Gasteiger partial charge in [-0.25, -0.2) is 4.79 Å². The van der Waals surface area contributed by atoms with E-state index in [1.165, 1.54) is 31.8 Å². The second kappa shape index (κ2) is 10.4. The Labute approximate surface area is 232 Å². The lowest BCUT2D eigenvalue weighted by Crippen LogP contribution is -2.38. The first-order chi connectivity index (χ1) is 18.6. The summed E-state index contributed by atoms with van der Waals surface area (Å²) in [4.78, 5) is 27.6. The van der Waals surface area contributed by atoms with Gasteiger partial charge in [0.1, 0.15) is 16.9 Å². The predicted molar refractivity (Wildman–Crippen MR) is 151 cm³/mol. The molecule has 206 valence electrons. The van der Waals surface area contributed by atoms with E-state index in [2.05, 4.69) is 31.4 Å². The molecule has 0 fully saturated rings. The molecule has 2 N–H and O–H groups in total. The molecule has 0 unspecified atom stereocenters. The number of hydrogen-bond donors (Lipinski definition) is 2. The fourth-order valence-corrected chi connectivity index (χ4v) is 6.68. The molecule has 0 radical (unpaired) electrons. The van der Waals surface area contributed by atoms with E-state index in [0.717, 1.165) is 35.4 Å². The number of benzene rings is 2. The largest absolute Gasteiger partial charge is 0.493 e. The van der Waals surface area contributed by atoms with E-state index in [1.54, 1.807) is 41.7 Å². The molecule has 9 heteroatoms. The second-order valence-electron chi connectivity index (χ2n) is 10.9. The lowest BCUT2D eigenvalue weighted by molar-refractivity contribution is 0.0733. The maximum atomic E-state index is 13.2. The van der Waals surface area contributed by atoms with Gasteiger partial charge in [0, 0.05) is 4.88 Å². The van der Waals surface area contributed by atoms with Crippen molar-refractivity contribution >= 4 is 28.2 Å². The lowest BCUT2D eigenvalue weighted by Gasteiger charge is -2.34. The monoisotopic (exact) mass is 550 g/mol. The maximum absolute atomic E-state index is 13.2. The smallest absolute Gasteiger partial charge is 0.343 e. The molecule has 1 amide bonds. The van der Waals surface area contributed by atoms with Gasteiger partial charge in [-0.3, -0.25) is 4.79 Å². The predicted octanol–water partition coefficient (Wildman–Crippen LogP) is 6.00. The fourth-order valence-electron chi connectivity index (χ4n) is 5.33. The molecule has 39 heavy (non-hydrogen) atoms. The number of amides is 1. The SMILES string of the molecule is COc1cc(C(=O)Oc2cccc([C@H]3NC(=O)c4c(sc5c4CC[C@@H](C(C)(C)C)C5)N3)c2)cc(OC)c1OC. The molecule has 0 spiro atoms. The molecular formula is C30H34N2O6S. The molecule has 8 nitrogen and oxygen atoms in total. The molecule has 2 atom stereocenters. The Morgan fingerprint density at radius 2 is 1.72 bits per heavy atom. The zero-order chi connectivity index (χ0) is 27.9. The van der Waals surface area contributed by atoms with Crippen LogP contribution in [-0.4, -0.2) is 33.2 Å². The van der Waals surface area contributed by atoms with Crippen molar-refractivity contribution in [1.82, 2.24) is 5.32 Å². The third-order valence-corrected chi connectivity index (χ3v) is 8.76. The summed E-state index contributed by atoms with van der Waals surface area (Å²) in [6.45, 7) is 6.87. The third-order valence-electron chi connectivity index (χ3n) is 7.57. The summed E-state index contributed by atoms with van der Waals surface area (Å²) in [6, 6.07) is 10.2. The van der Waals surface area contributed by atoms with Crippen LogP contribution in [0, 0.1) is 11.3 Å². The normalized spacial score (nSPS) is 18.3. The van der Waals surface area contributed by atoms with Crippen LogP contribution in [0.1, 0.15) is 70.1 Å². The standard InChI is InChI=1S/C30H34N2O6S/c1-30(2,3)18-10-11-20-23(15-18)39-28-24(20)27(33)31-26(32-28)16-8-7-9-19(12-16)38-29(34)17-13-21(35-4)25(37-6)22(14-17)36-5/h7-9,12-14,18,26,32H,10-11,15H2,1-6H3,(H,31,33)/t18-,26+/m1/s1. The number of fused-ring (bicyclic) bond motifs is 3. The Kier molecular flexibility index (Phi) is 7.20. The zero-order valence-electron chi connectivity index (χ0n) is 23.1. The van der Waals surface area contributed by atoms with Gasteiger partial charge in [0.25, 0.3) is 5.91 Å². The number of rotatable bonds is 6. The highest BCUT2D eigenvalue weighted by atomic mass is 32.1. The number of esters is 1. The first-order valence-electron chi connectivity index (χ1n) is 13.0. The molecule has 1 aromatic heterocycles. The Morgan fingerprint density at radius 3 is 2.36 bits per heavy atom. The van der Waals surface area contributed by atoms with Crippen LogP contribution in [0.2, 0.25) is 0 Å². The highest BCUT2D eigenvalue weighted by molar-refractivity contribution is 7.16. The topological polar surface area (TPSA) is 95.1 Å². The Balaban J connectivity index is 1.35. The van der Waals surface area contributed by atoms with Crippen LogP contribution in [0.5, 0.6) is 23.0 Å². The summed E-state index contributed by atoms with van der Waals surface area (Å²) < 4.78 is 21.7. The first-order valence-corrected chi connectivity index (χ1v) is 13.8. The Bertz CT molecular complexity index is 1400. The average Bonchev–Trinajstić information content (AvgIpc) is 3.30. The molecule has 2 aliphatic rings. The molecule has 1 aliphatic carbocycles. The van der Waals surface area contributed by atoms with Gasteiger partial charge in [0.2, 0.25) is 5.75 Å². The van der Waals surface area contributed by atoms with Gasteiger partial charge in [-0.15, -0.1) is 11.3 Å². The highest BCUT2D eigenvalue weighted by Crippen LogP contribution is 2.46. The second-order valence-corrected chi connectivity index (χ2v) is 12.0. The maximum Gasteiger partial charge on any atom is 0.343 e. The van der Waals surface area contributed by atoms with Crippen molar-refractivity contribution in [2.45, 2.75) is 46.2 Å². The van der Waals surface area contributed by atoms with Crippen molar-refractivity contribution in [2.24, 2.45) is 11.3 Å². The van der Waals surface area contributed by atoms with Crippen LogP contribution in [0.3, 0.4) is 0 Å². The summed E-state index contributed by atoms with van der Waals surface area (Å²) >= 11 is 1.69. The van der Waals surface area contributed by atoms with Crippen LogP contribution in [0.25, 0.3) is 0 Å². The third kappa shape index (κ3) is 5.15. The molecular weight excluding hydrogens is 516 g/mol. The van der Waals surface area contributed by atoms with Crippen molar-refractivity contribution in [2.75, 3.05) is 26.6 Å². The molecule has 5 rings (SSSR count). The number of carbonyl (C=O) groups is 2. The van der Waals surface area contributed by atoms with E-state index in [1.807, 2.05) is 6.07 Å². The quantitative estimate of drug-likeness (QED) is 0.287. The summed E-state index contributed by atoms with van der Waals surface area (Å²) in [5.74, 6) is 1.41. The minimum atomic E-state index is -0.575. The van der Waals surface area contributed by atoms with Crippen LogP contribution in [-0.2, 0) is 12.8 Å². The van der Waals surface area contributed by atoms with Gasteiger partial charge in [-0.2, -0.15) is 0 Å². The zero-order valence-corrected chi connectivity index (χ0v) is 23.9. The van der Waals surface area contributed by atoms with Gasteiger partial charge < -0.3 is 29.6 Å². The van der Waals surface area contributed by atoms with Gasteiger partial charge in [-0.1, -0.05) is 32.9 Å². The van der Waals surface area contributed by atoms with Gasteiger partial charge >= 0.3 is 5.97 Å². The van der Waals surface area contributed by atoms with E-state index in [9.17, 15) is 9.59 Å². The number of carbonyl (C=O) groups excluding carboxylic acids is 2. The van der Waals surface area contributed by atoms with E-state index in [-0.39, 0.29) is 16.9 Å². The average molecular weight is 551 g/mol. The van der Waals surface area contributed by atoms with E-state index in [4.69, 9.17) is 18.9 Å². The van der Waals surface area contributed by atoms with E-state index in [0.29, 0.717) is 28.9 Å². The van der Waals surface area contributed by atoms with Crippen LogP contribution >= 0.6 is 11.3 Å². The Morgan fingerprint density at radius 1 is 1.00 bits per heavy atom. The summed E-state index contributed by atoms with van der Waals surface area (Å²) in [7, 11) is 4.47. The van der Waals surface area contributed by atoms with Crippen molar-refractivity contribution in [3.8, 4) is 23.0 Å². The summed E-state index contributed by atoms with van der Waals surface area (Å²) in [5, 5.41) is 7.51. The minimum absolute atomic E-state index is 0.0692. The van der Waals surface area contributed by atoms with Crippen molar-refractivity contribution < 1.29 is 28.5 Å². The molecule has 1 aliphatic heterocycles. The first kappa shape index (κ1) is 26.9. The van der Waals surface area contributed by atoms with Crippen LogP contribution < -0.4 is 29.6 Å². The minimum Gasteiger partial charge on any atom is -0.493 e. The molecule has 3 aromatic rings. The Hall–Kier alpha value is -3.72. The van der Waals surface area contributed by atoms with Crippen molar-refractivity contribution in [1.29, 1.82) is 0 Å². The van der Waals surface area contributed by atoms with Crippen molar-refractivity contribution in [3.05, 3.63) is 63.5 Å². The van der Waals surface area contributed by atoms with Crippen molar-refractivity contribution in [3.63, 3.8) is 0 Å². The van der Waals surface area contributed by atoms with E-state index >= 15 is 0 Å². The van der Waals surface area contributed by atoms with Gasteiger partial charge in [-0.05, 0) is 66.0 Å². The van der Waals surface area contributed by atoms with Crippen LogP contribution in [0.15, 0.2) is 36.4 Å². The number of thiophene rings is 1.